The molecule has 3 heterocycles. The molecule has 3 atom stereocenters. The minimum Gasteiger partial charge on any atom is -0.456 e. The zero-order valence-corrected chi connectivity index (χ0v) is 18.7. The molecular formula is C23H28N2O8. The molecule has 0 radical (unpaired) electrons. The molecule has 1 N–H and O–H groups in total. The Bertz CT molecular complexity index is 1070. The van der Waals surface area contributed by atoms with Crippen LogP contribution in [0, 0.1) is 6.92 Å². The normalized spacial score (nSPS) is 24.5. The van der Waals surface area contributed by atoms with Crippen molar-refractivity contribution in [2.75, 3.05) is 26.9 Å². The molecule has 2 aliphatic heterocycles. The second-order valence-electron chi connectivity index (χ2n) is 8.19. The van der Waals surface area contributed by atoms with Gasteiger partial charge in [-0.3, -0.25) is 14.3 Å². The Kier molecular flexibility index (Phi) is 7.08. The summed E-state index contributed by atoms with van der Waals surface area (Å²) in [7, 11) is 1.58. The quantitative estimate of drug-likeness (QED) is 0.488. The number of methoxy groups -OCH3 is 1. The fourth-order valence-corrected chi connectivity index (χ4v) is 4.05. The first-order valence-electron chi connectivity index (χ1n) is 10.9. The highest BCUT2D eigenvalue weighted by atomic mass is 16.7. The molecule has 33 heavy (non-hydrogen) atoms. The zero-order chi connectivity index (χ0) is 23.4. The summed E-state index contributed by atoms with van der Waals surface area (Å²) in [6.45, 7) is 2.72. The summed E-state index contributed by atoms with van der Waals surface area (Å²) < 4.78 is 30.3. The van der Waals surface area contributed by atoms with Crippen molar-refractivity contribution in [1.29, 1.82) is 0 Å². The van der Waals surface area contributed by atoms with Crippen LogP contribution in [0.3, 0.4) is 0 Å². The minimum absolute atomic E-state index is 0.0914. The Morgan fingerprint density at radius 2 is 1.94 bits per heavy atom. The third-order valence-corrected chi connectivity index (χ3v) is 6.04. The number of aromatic amines is 1. The molecule has 178 valence electrons. The topological polar surface area (TPSA) is 118 Å². The van der Waals surface area contributed by atoms with Gasteiger partial charge in [-0.1, -0.05) is 18.2 Å². The van der Waals surface area contributed by atoms with Crippen molar-refractivity contribution in [3.63, 3.8) is 0 Å². The van der Waals surface area contributed by atoms with Crippen LogP contribution in [-0.4, -0.2) is 60.4 Å². The van der Waals surface area contributed by atoms with Gasteiger partial charge in [0, 0.05) is 38.1 Å². The summed E-state index contributed by atoms with van der Waals surface area (Å²) in [6.07, 6.45) is 0.747. The van der Waals surface area contributed by atoms with E-state index in [4.69, 9.17) is 23.7 Å². The summed E-state index contributed by atoms with van der Waals surface area (Å²) in [6, 6.07) is 8.64. The number of aromatic nitrogens is 2. The van der Waals surface area contributed by atoms with Gasteiger partial charge in [0.05, 0.1) is 25.4 Å². The number of carbonyl (C=O) groups excluding carboxylic acids is 1. The maximum atomic E-state index is 12.7. The first kappa shape index (κ1) is 23.4. The number of benzene rings is 1. The van der Waals surface area contributed by atoms with Gasteiger partial charge in [-0.25, -0.2) is 9.59 Å². The lowest BCUT2D eigenvalue weighted by Crippen LogP contribution is -2.44. The van der Waals surface area contributed by atoms with Gasteiger partial charge in [0.25, 0.3) is 5.56 Å². The Balaban J connectivity index is 1.54. The van der Waals surface area contributed by atoms with Gasteiger partial charge < -0.3 is 23.7 Å². The van der Waals surface area contributed by atoms with E-state index in [1.54, 1.807) is 38.3 Å². The predicted molar refractivity (Wildman–Crippen MR) is 116 cm³/mol. The summed E-state index contributed by atoms with van der Waals surface area (Å²) in [4.78, 5) is 39.1. The molecule has 1 aromatic heterocycles. The van der Waals surface area contributed by atoms with Gasteiger partial charge in [-0.15, -0.1) is 0 Å². The van der Waals surface area contributed by atoms with Crippen LogP contribution in [0.5, 0.6) is 0 Å². The van der Waals surface area contributed by atoms with E-state index in [1.807, 2.05) is 6.07 Å². The molecule has 2 fully saturated rings. The molecule has 0 saturated carbocycles. The molecule has 1 aromatic carbocycles. The largest absolute Gasteiger partial charge is 0.456 e. The van der Waals surface area contributed by atoms with E-state index in [1.165, 1.54) is 10.8 Å². The fourth-order valence-electron chi connectivity index (χ4n) is 4.05. The fraction of sp³-hybridized carbons (Fsp3) is 0.522. The van der Waals surface area contributed by atoms with E-state index in [2.05, 4.69) is 4.98 Å². The van der Waals surface area contributed by atoms with Crippen LogP contribution in [0.25, 0.3) is 0 Å². The van der Waals surface area contributed by atoms with Crippen LogP contribution < -0.4 is 11.2 Å². The molecule has 2 aliphatic rings. The Hall–Kier alpha value is -2.79. The number of aryl methyl sites for hydroxylation is 1. The lowest BCUT2D eigenvalue weighted by atomic mass is 10.1. The van der Waals surface area contributed by atoms with E-state index in [0.717, 1.165) is 0 Å². The smallest absolute Gasteiger partial charge is 0.338 e. The monoisotopic (exact) mass is 460 g/mol. The number of nitrogens with one attached hydrogen (secondary N) is 1. The van der Waals surface area contributed by atoms with Crippen LogP contribution in [-0.2, 0) is 23.7 Å². The SMILES string of the molecule is COC1(OC[C@H]2O[C@@H](n3cc(C)c(=O)[nH]c3=O)CC2OC(=O)c2ccccc2)CCOCC1. The van der Waals surface area contributed by atoms with E-state index >= 15 is 0 Å². The highest BCUT2D eigenvalue weighted by molar-refractivity contribution is 5.89. The first-order chi connectivity index (χ1) is 15.9. The van der Waals surface area contributed by atoms with Crippen molar-refractivity contribution in [3.05, 3.63) is 68.5 Å². The zero-order valence-electron chi connectivity index (χ0n) is 18.7. The second kappa shape index (κ2) is 10.0. The molecule has 0 amide bonds. The summed E-state index contributed by atoms with van der Waals surface area (Å²) >= 11 is 0. The Morgan fingerprint density at radius 1 is 1.21 bits per heavy atom. The van der Waals surface area contributed by atoms with Crippen LogP contribution in [0.4, 0.5) is 0 Å². The highest BCUT2D eigenvalue weighted by Gasteiger charge is 2.42. The van der Waals surface area contributed by atoms with Crippen molar-refractivity contribution in [3.8, 4) is 0 Å². The van der Waals surface area contributed by atoms with Crippen LogP contribution in [0.15, 0.2) is 46.1 Å². The number of nitrogens with zero attached hydrogens (tertiary/aromatic N) is 1. The summed E-state index contributed by atoms with van der Waals surface area (Å²) in [5.41, 5.74) is -0.266. The number of esters is 1. The third kappa shape index (κ3) is 5.25. The molecule has 1 unspecified atom stereocenters. The van der Waals surface area contributed by atoms with Gasteiger partial charge in [-0.2, -0.15) is 0 Å². The van der Waals surface area contributed by atoms with E-state index < -0.39 is 41.4 Å². The van der Waals surface area contributed by atoms with Gasteiger partial charge in [0.15, 0.2) is 5.79 Å². The van der Waals surface area contributed by atoms with E-state index in [-0.39, 0.29) is 13.0 Å². The molecule has 10 heteroatoms. The van der Waals surface area contributed by atoms with Crippen molar-refractivity contribution >= 4 is 5.97 Å². The second-order valence-corrected chi connectivity index (χ2v) is 8.19. The summed E-state index contributed by atoms with van der Waals surface area (Å²) in [5, 5.41) is 0. The average Bonchev–Trinajstić information content (AvgIpc) is 3.23. The number of ether oxygens (including phenoxy) is 5. The Morgan fingerprint density at radius 3 is 2.64 bits per heavy atom. The van der Waals surface area contributed by atoms with Crippen LogP contribution >= 0.6 is 0 Å². The lowest BCUT2D eigenvalue weighted by Gasteiger charge is -2.36. The molecular weight excluding hydrogens is 432 g/mol. The maximum Gasteiger partial charge on any atom is 0.338 e. The molecule has 0 bridgehead atoms. The third-order valence-electron chi connectivity index (χ3n) is 6.04. The van der Waals surface area contributed by atoms with Crippen molar-refractivity contribution in [1.82, 2.24) is 9.55 Å². The van der Waals surface area contributed by atoms with Crippen molar-refractivity contribution in [2.24, 2.45) is 0 Å². The van der Waals surface area contributed by atoms with Crippen molar-refractivity contribution < 1.29 is 28.5 Å². The highest BCUT2D eigenvalue weighted by Crippen LogP contribution is 2.33. The van der Waals surface area contributed by atoms with Crippen molar-refractivity contribution in [2.45, 2.75) is 50.4 Å². The molecule has 4 rings (SSSR count). The van der Waals surface area contributed by atoms with Gasteiger partial charge in [-0.05, 0) is 19.1 Å². The number of H-pyrrole nitrogens is 1. The van der Waals surface area contributed by atoms with Gasteiger partial charge in [0.2, 0.25) is 0 Å². The molecule has 10 nitrogen and oxygen atoms in total. The number of hydrogen-bond donors (Lipinski definition) is 1. The van der Waals surface area contributed by atoms with E-state index in [9.17, 15) is 14.4 Å². The van der Waals surface area contributed by atoms with Gasteiger partial charge in [0.1, 0.15) is 18.4 Å². The minimum atomic E-state index is -0.806. The molecule has 0 spiro atoms. The standard InChI is InChI=1S/C23H28N2O8/c1-15-13-25(22(28)24-20(15)26)19-12-17(33-21(27)16-6-4-3-5-7-16)18(32-19)14-31-23(29-2)8-10-30-11-9-23/h3-7,13,17-19H,8-12,14H2,1-2H3,(H,24,26,28)/t17?,18-,19-/m1/s1. The molecule has 0 aliphatic carbocycles. The number of rotatable bonds is 7. The Labute approximate surface area is 190 Å². The maximum absolute atomic E-state index is 12.7. The average molecular weight is 460 g/mol. The first-order valence-corrected chi connectivity index (χ1v) is 10.9. The number of hydrogen-bond acceptors (Lipinski definition) is 8. The molecule has 2 saturated heterocycles. The van der Waals surface area contributed by atoms with E-state index in [0.29, 0.717) is 37.2 Å². The van der Waals surface area contributed by atoms with Crippen LogP contribution in [0.2, 0.25) is 0 Å². The van der Waals surface area contributed by atoms with Gasteiger partial charge >= 0.3 is 11.7 Å². The van der Waals surface area contributed by atoms with Crippen LogP contribution in [0.1, 0.15) is 41.4 Å². The predicted octanol–water partition coefficient (Wildman–Crippen LogP) is 1.53. The number of carbonyl (C=O) groups is 1. The summed E-state index contributed by atoms with van der Waals surface area (Å²) in [5.74, 6) is -1.30. The lowest BCUT2D eigenvalue weighted by molar-refractivity contribution is -0.268. The molecule has 2 aromatic rings.